The second-order valence-corrected chi connectivity index (χ2v) is 3.04. The van der Waals surface area contributed by atoms with Crippen LogP contribution in [0.15, 0.2) is 37.1 Å². The van der Waals surface area contributed by atoms with E-state index in [1.165, 1.54) is 6.07 Å². The largest absolute Gasteiger partial charge is 0.481 e. The molecule has 0 amide bonds. The van der Waals surface area contributed by atoms with Crippen LogP contribution in [0.5, 0.6) is 0 Å². The second kappa shape index (κ2) is 7.48. The molecule has 0 aliphatic heterocycles. The van der Waals surface area contributed by atoms with E-state index in [2.05, 4.69) is 11.3 Å². The Labute approximate surface area is 98.1 Å². The molecule has 1 aromatic rings. The standard InChI is InChI=1S/C9H7ClO2.C2H4O2/c1-2-12-9(11)7-4-3-5-8(10)6-7;1-2(3)4/h2-6H,1H2;1H3,(H,3,4). The predicted octanol–water partition coefficient (Wildman–Crippen LogP) is 2.73. The van der Waals surface area contributed by atoms with Gasteiger partial charge in [0.1, 0.15) is 0 Å². The molecule has 0 saturated carbocycles. The molecule has 86 valence electrons. The smallest absolute Gasteiger partial charge is 0.342 e. The monoisotopic (exact) mass is 242 g/mol. The van der Waals surface area contributed by atoms with Gasteiger partial charge in [0, 0.05) is 11.9 Å². The average Bonchev–Trinajstić information content (AvgIpc) is 2.17. The Balaban J connectivity index is 0.000000487. The number of hydrogen-bond acceptors (Lipinski definition) is 3. The minimum atomic E-state index is -0.833. The third-order valence-corrected chi connectivity index (χ3v) is 1.49. The van der Waals surface area contributed by atoms with Crippen LogP contribution in [0.4, 0.5) is 0 Å². The van der Waals surface area contributed by atoms with Crippen molar-refractivity contribution >= 4 is 23.5 Å². The summed E-state index contributed by atoms with van der Waals surface area (Å²) in [6.45, 7) is 4.36. The number of halogens is 1. The van der Waals surface area contributed by atoms with Crippen LogP contribution >= 0.6 is 11.6 Å². The molecule has 0 heterocycles. The number of hydrogen-bond donors (Lipinski definition) is 1. The molecule has 0 atom stereocenters. The molecule has 0 aliphatic rings. The minimum Gasteiger partial charge on any atom is -0.481 e. The maximum Gasteiger partial charge on any atom is 0.342 e. The van der Waals surface area contributed by atoms with E-state index in [1.807, 2.05) is 0 Å². The molecule has 1 aromatic carbocycles. The summed E-state index contributed by atoms with van der Waals surface area (Å²) in [6, 6.07) is 6.53. The second-order valence-electron chi connectivity index (χ2n) is 2.60. The van der Waals surface area contributed by atoms with Crippen molar-refractivity contribution in [1.29, 1.82) is 0 Å². The lowest BCUT2D eigenvalue weighted by molar-refractivity contribution is -0.134. The maximum atomic E-state index is 11.0. The Morgan fingerprint density at radius 1 is 1.50 bits per heavy atom. The van der Waals surface area contributed by atoms with Gasteiger partial charge in [-0.3, -0.25) is 4.79 Å². The molecule has 5 heteroatoms. The molecule has 0 aliphatic carbocycles. The first-order chi connectivity index (χ1) is 7.47. The predicted molar refractivity (Wildman–Crippen MR) is 60.4 cm³/mol. The van der Waals surface area contributed by atoms with Gasteiger partial charge < -0.3 is 9.84 Å². The van der Waals surface area contributed by atoms with Gasteiger partial charge in [-0.2, -0.15) is 0 Å². The number of esters is 1. The molecule has 0 unspecified atom stereocenters. The summed E-state index contributed by atoms with van der Waals surface area (Å²) in [7, 11) is 0. The van der Waals surface area contributed by atoms with E-state index in [0.717, 1.165) is 13.2 Å². The Kier molecular flexibility index (Phi) is 6.63. The van der Waals surface area contributed by atoms with E-state index in [1.54, 1.807) is 18.2 Å². The first-order valence-corrected chi connectivity index (χ1v) is 4.62. The van der Waals surface area contributed by atoms with Gasteiger partial charge in [0.15, 0.2) is 0 Å². The zero-order valence-corrected chi connectivity index (χ0v) is 9.40. The zero-order valence-electron chi connectivity index (χ0n) is 8.64. The van der Waals surface area contributed by atoms with Gasteiger partial charge in [-0.25, -0.2) is 4.79 Å². The summed E-state index contributed by atoms with van der Waals surface area (Å²) in [5.74, 6) is -1.28. The third-order valence-electron chi connectivity index (χ3n) is 1.25. The first kappa shape index (κ1) is 14.2. The number of carboxylic acids is 1. The molecule has 1 rings (SSSR count). The fourth-order valence-electron chi connectivity index (χ4n) is 0.759. The van der Waals surface area contributed by atoms with Gasteiger partial charge in [0.05, 0.1) is 11.8 Å². The Morgan fingerprint density at radius 2 is 2.06 bits per heavy atom. The number of carbonyl (C=O) groups is 2. The zero-order chi connectivity index (χ0) is 12.6. The normalized spacial score (nSPS) is 8.38. The number of aliphatic carboxylic acids is 1. The van der Waals surface area contributed by atoms with Crippen LogP contribution < -0.4 is 0 Å². The Morgan fingerprint density at radius 3 is 2.50 bits per heavy atom. The van der Waals surface area contributed by atoms with E-state index in [-0.39, 0.29) is 0 Å². The van der Waals surface area contributed by atoms with Crippen LogP contribution in [0.1, 0.15) is 17.3 Å². The summed E-state index contributed by atoms with van der Waals surface area (Å²) < 4.78 is 4.55. The van der Waals surface area contributed by atoms with E-state index in [0.29, 0.717) is 10.6 Å². The molecular formula is C11H11ClO4. The van der Waals surface area contributed by atoms with Crippen molar-refractivity contribution in [2.24, 2.45) is 0 Å². The van der Waals surface area contributed by atoms with Gasteiger partial charge in [-0.1, -0.05) is 24.2 Å². The quantitative estimate of drug-likeness (QED) is 0.640. The molecule has 0 bridgehead atoms. The molecule has 0 fully saturated rings. The highest BCUT2D eigenvalue weighted by Gasteiger charge is 2.04. The lowest BCUT2D eigenvalue weighted by Crippen LogP contribution is -1.99. The van der Waals surface area contributed by atoms with Crippen molar-refractivity contribution in [3.63, 3.8) is 0 Å². The van der Waals surface area contributed by atoms with Crippen molar-refractivity contribution in [2.45, 2.75) is 6.92 Å². The number of benzene rings is 1. The molecule has 16 heavy (non-hydrogen) atoms. The molecule has 0 spiro atoms. The van der Waals surface area contributed by atoms with E-state index >= 15 is 0 Å². The van der Waals surface area contributed by atoms with Gasteiger partial charge in [-0.15, -0.1) is 0 Å². The van der Waals surface area contributed by atoms with Crippen molar-refractivity contribution < 1.29 is 19.4 Å². The molecular weight excluding hydrogens is 232 g/mol. The lowest BCUT2D eigenvalue weighted by Gasteiger charge is -1.98. The van der Waals surface area contributed by atoms with Crippen LogP contribution in [0.25, 0.3) is 0 Å². The summed E-state index contributed by atoms with van der Waals surface area (Å²) in [5, 5.41) is 7.92. The number of rotatable bonds is 2. The van der Waals surface area contributed by atoms with Crippen LogP contribution in [-0.2, 0) is 9.53 Å². The van der Waals surface area contributed by atoms with Crippen molar-refractivity contribution in [2.75, 3.05) is 0 Å². The van der Waals surface area contributed by atoms with Gasteiger partial charge in [0.25, 0.3) is 5.97 Å². The highest BCUT2D eigenvalue weighted by Crippen LogP contribution is 2.11. The fourth-order valence-corrected chi connectivity index (χ4v) is 0.949. The molecule has 0 radical (unpaired) electrons. The minimum absolute atomic E-state index is 0.419. The lowest BCUT2D eigenvalue weighted by atomic mass is 10.2. The Bertz CT molecular complexity index is 383. The topological polar surface area (TPSA) is 63.6 Å². The van der Waals surface area contributed by atoms with Gasteiger partial charge in [0.2, 0.25) is 0 Å². The van der Waals surface area contributed by atoms with Crippen molar-refractivity contribution in [3.8, 4) is 0 Å². The van der Waals surface area contributed by atoms with Gasteiger partial charge in [-0.05, 0) is 18.2 Å². The fraction of sp³-hybridized carbons (Fsp3) is 0.0909. The Hall–Kier alpha value is -1.81. The van der Waals surface area contributed by atoms with E-state index < -0.39 is 11.9 Å². The third kappa shape index (κ3) is 6.62. The summed E-state index contributed by atoms with van der Waals surface area (Å²) in [4.78, 5) is 20.0. The summed E-state index contributed by atoms with van der Waals surface area (Å²) in [6.07, 6.45) is 1.09. The van der Waals surface area contributed by atoms with Crippen molar-refractivity contribution in [3.05, 3.63) is 47.7 Å². The highest BCUT2D eigenvalue weighted by atomic mass is 35.5. The van der Waals surface area contributed by atoms with Gasteiger partial charge >= 0.3 is 5.97 Å². The van der Waals surface area contributed by atoms with Crippen LogP contribution in [0, 0.1) is 0 Å². The van der Waals surface area contributed by atoms with Crippen molar-refractivity contribution in [1.82, 2.24) is 0 Å². The molecule has 0 aromatic heterocycles. The summed E-state index contributed by atoms with van der Waals surface area (Å²) in [5.41, 5.74) is 0.419. The van der Waals surface area contributed by atoms with E-state index in [9.17, 15) is 4.79 Å². The molecule has 1 N–H and O–H groups in total. The maximum absolute atomic E-state index is 11.0. The number of carbonyl (C=O) groups excluding carboxylic acids is 1. The van der Waals surface area contributed by atoms with Crippen LogP contribution in [0.3, 0.4) is 0 Å². The highest BCUT2D eigenvalue weighted by molar-refractivity contribution is 6.30. The SMILES string of the molecule is C=COC(=O)c1cccc(Cl)c1.CC(=O)O. The van der Waals surface area contributed by atoms with Crippen LogP contribution in [-0.4, -0.2) is 17.0 Å². The molecule has 0 saturated heterocycles. The average molecular weight is 243 g/mol. The summed E-state index contributed by atoms with van der Waals surface area (Å²) >= 11 is 5.66. The first-order valence-electron chi connectivity index (χ1n) is 4.24. The molecule has 4 nitrogen and oxygen atoms in total. The van der Waals surface area contributed by atoms with Crippen LogP contribution in [0.2, 0.25) is 5.02 Å². The van der Waals surface area contributed by atoms with E-state index in [4.69, 9.17) is 21.5 Å². The number of carboxylic acid groups (broad SMARTS) is 1. The number of ether oxygens (including phenoxy) is 1.